The van der Waals surface area contributed by atoms with Gasteiger partial charge in [-0.05, 0) is 48.9 Å². The van der Waals surface area contributed by atoms with E-state index in [-0.39, 0.29) is 17.1 Å². The second-order valence-electron chi connectivity index (χ2n) is 6.55. The molecule has 7 nitrogen and oxygen atoms in total. The molecule has 2 N–H and O–H groups in total. The number of carboxylic acid groups (broad SMARTS) is 1. The molecule has 1 amide bonds. The van der Waals surface area contributed by atoms with Gasteiger partial charge in [0.2, 0.25) is 0 Å². The lowest BCUT2D eigenvalue weighted by molar-refractivity contribution is 0.0687. The molecule has 9 heteroatoms. The van der Waals surface area contributed by atoms with Gasteiger partial charge in [0.05, 0.1) is 25.5 Å². The van der Waals surface area contributed by atoms with Crippen molar-refractivity contribution in [2.45, 2.75) is 6.92 Å². The lowest BCUT2D eigenvalue weighted by Gasteiger charge is -2.11. The number of carbonyl (C=O) groups is 2. The highest BCUT2D eigenvalue weighted by molar-refractivity contribution is 6.07. The highest BCUT2D eigenvalue weighted by atomic mass is 19.1. The fourth-order valence-corrected chi connectivity index (χ4v) is 2.82. The number of anilines is 1. The van der Waals surface area contributed by atoms with Gasteiger partial charge >= 0.3 is 5.97 Å². The zero-order chi connectivity index (χ0) is 24.5. The lowest BCUT2D eigenvalue weighted by atomic mass is 10.1. The van der Waals surface area contributed by atoms with Crippen LogP contribution in [0, 0.1) is 29.9 Å². The molecule has 0 radical (unpaired) electrons. The van der Waals surface area contributed by atoms with Crippen LogP contribution in [0.4, 0.5) is 14.5 Å². The molecule has 3 rings (SSSR count). The van der Waals surface area contributed by atoms with Crippen molar-refractivity contribution < 1.29 is 33.0 Å². The maximum absolute atomic E-state index is 13.8. The molecule has 170 valence electrons. The standard InChI is InChI=1S/C16H13FN2O2.C8H7FO3/c1-10-6-7-11(9-18)13(8-10)19-16(20)15-12(17)4-3-5-14(15)21-2;1-12-6-4-2-3-5(9)7(6)8(10)11/h3-8H,1-2H3,(H,19,20);2-4H,1H3,(H,10,11). The second-order valence-corrected chi connectivity index (χ2v) is 6.55. The van der Waals surface area contributed by atoms with Crippen LogP contribution in [-0.2, 0) is 0 Å². The van der Waals surface area contributed by atoms with Crippen LogP contribution >= 0.6 is 0 Å². The Bertz CT molecular complexity index is 1220. The number of hydrogen-bond acceptors (Lipinski definition) is 5. The molecule has 3 aromatic rings. The Labute approximate surface area is 188 Å². The van der Waals surface area contributed by atoms with E-state index in [1.54, 1.807) is 18.2 Å². The predicted molar refractivity (Wildman–Crippen MR) is 117 cm³/mol. The summed E-state index contributed by atoms with van der Waals surface area (Å²) in [5.41, 5.74) is 0.909. The van der Waals surface area contributed by atoms with Gasteiger partial charge in [-0.25, -0.2) is 13.6 Å². The first-order chi connectivity index (χ1) is 15.7. The van der Waals surface area contributed by atoms with Gasteiger partial charge in [0.15, 0.2) is 0 Å². The quantitative estimate of drug-likeness (QED) is 0.573. The number of benzene rings is 3. The summed E-state index contributed by atoms with van der Waals surface area (Å²) in [7, 11) is 2.65. The van der Waals surface area contributed by atoms with Crippen LogP contribution in [-0.4, -0.2) is 31.2 Å². The topological polar surface area (TPSA) is 109 Å². The van der Waals surface area contributed by atoms with E-state index < -0.39 is 29.1 Å². The summed E-state index contributed by atoms with van der Waals surface area (Å²) in [4.78, 5) is 22.7. The van der Waals surface area contributed by atoms with Crippen molar-refractivity contribution in [2.24, 2.45) is 0 Å². The molecular formula is C24H20F2N2O5. The van der Waals surface area contributed by atoms with E-state index in [4.69, 9.17) is 15.1 Å². The molecule has 0 aliphatic heterocycles. The van der Waals surface area contributed by atoms with Crippen molar-refractivity contribution in [2.75, 3.05) is 19.5 Å². The van der Waals surface area contributed by atoms with Gasteiger partial charge in [0.1, 0.15) is 40.3 Å². The second kappa shape index (κ2) is 11.2. The minimum atomic E-state index is -1.33. The number of methoxy groups -OCH3 is 2. The van der Waals surface area contributed by atoms with Gasteiger partial charge in [-0.2, -0.15) is 5.26 Å². The Morgan fingerprint density at radius 2 is 1.48 bits per heavy atom. The first-order valence-electron chi connectivity index (χ1n) is 9.43. The maximum Gasteiger partial charge on any atom is 0.342 e. The Morgan fingerprint density at radius 3 is 1.97 bits per heavy atom. The van der Waals surface area contributed by atoms with Crippen LogP contribution in [0.1, 0.15) is 31.8 Å². The predicted octanol–water partition coefficient (Wildman–Crippen LogP) is 4.80. The molecule has 0 spiro atoms. The zero-order valence-electron chi connectivity index (χ0n) is 18.0. The fourth-order valence-electron chi connectivity index (χ4n) is 2.82. The van der Waals surface area contributed by atoms with Gasteiger partial charge in [-0.15, -0.1) is 0 Å². The van der Waals surface area contributed by atoms with Gasteiger partial charge in [0.25, 0.3) is 5.91 Å². The Hall–Kier alpha value is -4.45. The molecule has 33 heavy (non-hydrogen) atoms. The number of ether oxygens (including phenoxy) is 2. The minimum Gasteiger partial charge on any atom is -0.496 e. The summed E-state index contributed by atoms with van der Waals surface area (Å²) in [6.45, 7) is 1.83. The molecule has 0 fully saturated rings. The fraction of sp³-hybridized carbons (Fsp3) is 0.125. The number of rotatable bonds is 5. The number of aromatic carboxylic acids is 1. The molecule has 0 aromatic heterocycles. The largest absolute Gasteiger partial charge is 0.496 e. The summed E-state index contributed by atoms with van der Waals surface area (Å²) in [5.74, 6) is -3.29. The van der Waals surface area contributed by atoms with Crippen molar-refractivity contribution >= 4 is 17.6 Å². The monoisotopic (exact) mass is 454 g/mol. The highest BCUT2D eigenvalue weighted by Gasteiger charge is 2.19. The van der Waals surface area contributed by atoms with Gasteiger partial charge < -0.3 is 19.9 Å². The van der Waals surface area contributed by atoms with E-state index in [1.807, 2.05) is 13.0 Å². The Morgan fingerprint density at radius 1 is 0.939 bits per heavy atom. The molecule has 0 atom stereocenters. The smallest absolute Gasteiger partial charge is 0.342 e. The maximum atomic E-state index is 13.8. The number of halogens is 2. The van der Waals surface area contributed by atoms with Crippen LogP contribution in [0.25, 0.3) is 0 Å². The van der Waals surface area contributed by atoms with Crippen molar-refractivity contribution in [1.29, 1.82) is 5.26 Å². The number of nitriles is 1. The van der Waals surface area contributed by atoms with Crippen LogP contribution in [0.2, 0.25) is 0 Å². The van der Waals surface area contributed by atoms with E-state index in [1.165, 1.54) is 44.6 Å². The van der Waals surface area contributed by atoms with Crippen LogP contribution in [0.3, 0.4) is 0 Å². The first kappa shape index (κ1) is 24.8. The zero-order valence-corrected chi connectivity index (χ0v) is 18.0. The van der Waals surface area contributed by atoms with E-state index in [9.17, 15) is 18.4 Å². The third-order valence-corrected chi connectivity index (χ3v) is 4.38. The summed E-state index contributed by atoms with van der Waals surface area (Å²) in [5, 5.41) is 20.2. The van der Waals surface area contributed by atoms with Crippen molar-refractivity contribution in [3.8, 4) is 17.6 Å². The molecule has 0 saturated carbocycles. The van der Waals surface area contributed by atoms with Gasteiger partial charge in [-0.1, -0.05) is 18.2 Å². The normalized spacial score (nSPS) is 9.70. The third kappa shape index (κ3) is 6.04. The molecule has 0 unspecified atom stereocenters. The molecule has 0 heterocycles. The van der Waals surface area contributed by atoms with Crippen molar-refractivity contribution in [1.82, 2.24) is 0 Å². The number of amides is 1. The molecule has 0 aliphatic rings. The molecule has 0 saturated heterocycles. The minimum absolute atomic E-state index is 0.0301. The van der Waals surface area contributed by atoms with E-state index in [0.29, 0.717) is 11.3 Å². The van der Waals surface area contributed by atoms with Crippen LogP contribution in [0.5, 0.6) is 11.5 Å². The van der Waals surface area contributed by atoms with E-state index in [0.717, 1.165) is 11.6 Å². The number of nitrogens with one attached hydrogen (secondary N) is 1. The average molecular weight is 454 g/mol. The molecular weight excluding hydrogens is 434 g/mol. The lowest BCUT2D eigenvalue weighted by Crippen LogP contribution is -2.16. The van der Waals surface area contributed by atoms with Crippen LogP contribution in [0.15, 0.2) is 54.6 Å². The SMILES string of the molecule is COc1cccc(F)c1C(=O)Nc1cc(C)ccc1C#N.COc1cccc(F)c1C(=O)O. The number of nitrogens with zero attached hydrogens (tertiary/aromatic N) is 1. The highest BCUT2D eigenvalue weighted by Crippen LogP contribution is 2.24. The summed E-state index contributed by atoms with van der Waals surface area (Å²) < 4.78 is 36.3. The van der Waals surface area contributed by atoms with Crippen molar-refractivity contribution in [3.63, 3.8) is 0 Å². The number of aryl methyl sites for hydroxylation is 1. The van der Waals surface area contributed by atoms with E-state index in [2.05, 4.69) is 10.1 Å². The Kier molecular flexibility index (Phi) is 8.46. The van der Waals surface area contributed by atoms with Gasteiger partial charge in [0, 0.05) is 0 Å². The molecule has 0 aliphatic carbocycles. The summed E-state index contributed by atoms with van der Waals surface area (Å²) in [6.07, 6.45) is 0. The van der Waals surface area contributed by atoms with Crippen LogP contribution < -0.4 is 14.8 Å². The Balaban J connectivity index is 0.000000273. The average Bonchev–Trinajstić information content (AvgIpc) is 2.78. The van der Waals surface area contributed by atoms with E-state index >= 15 is 0 Å². The molecule has 0 bridgehead atoms. The third-order valence-electron chi connectivity index (χ3n) is 4.38. The molecule has 3 aromatic carbocycles. The number of hydrogen-bond donors (Lipinski definition) is 2. The summed E-state index contributed by atoms with van der Waals surface area (Å²) in [6, 6.07) is 15.0. The summed E-state index contributed by atoms with van der Waals surface area (Å²) >= 11 is 0. The number of carbonyl (C=O) groups excluding carboxylic acids is 1. The van der Waals surface area contributed by atoms with Crippen molar-refractivity contribution in [3.05, 3.63) is 88.5 Å². The first-order valence-corrected chi connectivity index (χ1v) is 9.43. The number of carboxylic acids is 1. The van der Waals surface area contributed by atoms with Gasteiger partial charge in [-0.3, -0.25) is 4.79 Å².